The van der Waals surface area contributed by atoms with Crippen molar-refractivity contribution in [2.24, 2.45) is 5.92 Å². The van der Waals surface area contributed by atoms with Crippen molar-refractivity contribution < 1.29 is 14.5 Å². The summed E-state index contributed by atoms with van der Waals surface area (Å²) in [5.41, 5.74) is 0.455. The molecule has 1 aromatic rings. The molecule has 1 rings (SSSR count). The van der Waals surface area contributed by atoms with E-state index in [1.165, 1.54) is 13.8 Å². The van der Waals surface area contributed by atoms with Crippen LogP contribution in [-0.2, 0) is 9.59 Å². The Bertz CT molecular complexity index is 501. The monoisotopic (exact) mass is 283 g/mol. The SMILES string of the molecule is CC(=O)C(C(C)=O)[C@@H](C[N+](=O)[O-])c1ccccc1Cl. The van der Waals surface area contributed by atoms with E-state index >= 15 is 0 Å². The normalized spacial score (nSPS) is 12.2. The highest BCUT2D eigenvalue weighted by Gasteiger charge is 2.35. The molecular formula is C13H14ClNO4. The molecule has 0 saturated heterocycles. The van der Waals surface area contributed by atoms with E-state index in [9.17, 15) is 19.7 Å². The van der Waals surface area contributed by atoms with Crippen LogP contribution in [0.15, 0.2) is 24.3 Å². The van der Waals surface area contributed by atoms with E-state index in [4.69, 9.17) is 11.6 Å². The molecular weight excluding hydrogens is 270 g/mol. The minimum atomic E-state index is -1.04. The van der Waals surface area contributed by atoms with Crippen molar-refractivity contribution in [1.82, 2.24) is 0 Å². The molecule has 5 nitrogen and oxygen atoms in total. The molecule has 0 fully saturated rings. The average Bonchev–Trinajstić information content (AvgIpc) is 2.27. The number of carbonyl (C=O) groups excluding carboxylic acids is 2. The summed E-state index contributed by atoms with van der Waals surface area (Å²) in [6.07, 6.45) is 0. The van der Waals surface area contributed by atoms with Gasteiger partial charge in [0.1, 0.15) is 11.6 Å². The second-order valence-electron chi connectivity index (χ2n) is 4.34. The lowest BCUT2D eigenvalue weighted by atomic mass is 9.81. The van der Waals surface area contributed by atoms with Crippen molar-refractivity contribution in [3.8, 4) is 0 Å². The summed E-state index contributed by atoms with van der Waals surface area (Å²) >= 11 is 6.01. The smallest absolute Gasteiger partial charge is 0.211 e. The van der Waals surface area contributed by atoms with Crippen molar-refractivity contribution in [1.29, 1.82) is 0 Å². The highest BCUT2D eigenvalue weighted by Crippen LogP contribution is 2.31. The minimum Gasteiger partial charge on any atom is -0.299 e. The molecule has 0 aliphatic rings. The van der Waals surface area contributed by atoms with Gasteiger partial charge in [0, 0.05) is 9.95 Å². The first-order valence-corrected chi connectivity index (χ1v) is 6.09. The number of nitrogens with zero attached hydrogens (tertiary/aromatic N) is 1. The summed E-state index contributed by atoms with van der Waals surface area (Å²) in [5, 5.41) is 11.1. The Morgan fingerprint density at radius 3 is 2.21 bits per heavy atom. The number of ketones is 2. The van der Waals surface area contributed by atoms with E-state index in [-0.39, 0.29) is 11.6 Å². The van der Waals surface area contributed by atoms with Crippen molar-refractivity contribution in [3.05, 3.63) is 45.0 Å². The molecule has 0 heterocycles. The fourth-order valence-corrected chi connectivity index (χ4v) is 2.45. The van der Waals surface area contributed by atoms with Crippen LogP contribution in [0.4, 0.5) is 0 Å². The number of hydrogen-bond acceptors (Lipinski definition) is 4. The second-order valence-corrected chi connectivity index (χ2v) is 4.75. The summed E-state index contributed by atoms with van der Waals surface area (Å²) in [5.74, 6) is -2.65. The van der Waals surface area contributed by atoms with E-state index < -0.39 is 23.3 Å². The summed E-state index contributed by atoms with van der Waals surface area (Å²) < 4.78 is 0. The third kappa shape index (κ3) is 3.86. The zero-order valence-corrected chi connectivity index (χ0v) is 11.4. The molecule has 0 spiro atoms. The molecule has 1 atom stereocenters. The van der Waals surface area contributed by atoms with Crippen molar-refractivity contribution >= 4 is 23.2 Å². The fourth-order valence-electron chi connectivity index (χ4n) is 2.17. The second kappa shape index (κ2) is 6.43. The van der Waals surface area contributed by atoms with Gasteiger partial charge in [0.25, 0.3) is 0 Å². The molecule has 0 unspecified atom stereocenters. The molecule has 0 bridgehead atoms. The Morgan fingerprint density at radius 1 is 1.26 bits per heavy atom. The molecule has 1 aromatic carbocycles. The number of rotatable bonds is 6. The van der Waals surface area contributed by atoms with Gasteiger partial charge in [-0.15, -0.1) is 0 Å². The average molecular weight is 284 g/mol. The van der Waals surface area contributed by atoms with Crippen LogP contribution in [0.2, 0.25) is 5.02 Å². The Balaban J connectivity index is 3.28. The standard InChI is InChI=1S/C13H14ClNO4/c1-8(16)13(9(2)17)11(7-15(18)19)10-5-3-4-6-12(10)14/h3-6,11,13H,7H2,1-2H3/t11-/m0/s1. The molecule has 6 heteroatoms. The van der Waals surface area contributed by atoms with Gasteiger partial charge in [-0.05, 0) is 25.5 Å². The van der Waals surface area contributed by atoms with Crippen molar-refractivity contribution in [3.63, 3.8) is 0 Å². The van der Waals surface area contributed by atoms with Gasteiger partial charge in [-0.3, -0.25) is 19.7 Å². The summed E-state index contributed by atoms with van der Waals surface area (Å²) in [7, 11) is 0. The third-order valence-corrected chi connectivity index (χ3v) is 3.27. The van der Waals surface area contributed by atoms with E-state index in [0.29, 0.717) is 10.6 Å². The molecule has 0 aliphatic heterocycles. The van der Waals surface area contributed by atoms with Gasteiger partial charge in [-0.2, -0.15) is 0 Å². The molecule has 0 aliphatic carbocycles. The minimum absolute atomic E-state index is 0.321. The third-order valence-electron chi connectivity index (χ3n) is 2.93. The molecule has 0 aromatic heterocycles. The number of nitro groups is 1. The Morgan fingerprint density at radius 2 is 1.79 bits per heavy atom. The predicted octanol–water partition coefficient (Wildman–Crippen LogP) is 2.49. The molecule has 0 N–H and O–H groups in total. The number of carbonyl (C=O) groups is 2. The highest BCUT2D eigenvalue weighted by atomic mass is 35.5. The number of Topliss-reactive ketones (excluding diaryl/α,β-unsaturated/α-hetero) is 2. The van der Waals surface area contributed by atoms with Gasteiger partial charge in [-0.25, -0.2) is 0 Å². The summed E-state index contributed by atoms with van der Waals surface area (Å²) in [6, 6.07) is 6.55. The van der Waals surface area contributed by atoms with Gasteiger partial charge in [-0.1, -0.05) is 29.8 Å². The lowest BCUT2D eigenvalue weighted by Crippen LogP contribution is -2.31. The highest BCUT2D eigenvalue weighted by molar-refractivity contribution is 6.31. The van der Waals surface area contributed by atoms with Crippen LogP contribution >= 0.6 is 11.6 Å². The Hall–Kier alpha value is -1.75. The first-order chi connectivity index (χ1) is 8.84. The van der Waals surface area contributed by atoms with Gasteiger partial charge >= 0.3 is 0 Å². The topological polar surface area (TPSA) is 77.3 Å². The van der Waals surface area contributed by atoms with Gasteiger partial charge in [0.05, 0.1) is 11.8 Å². The Labute approximate surface area is 115 Å². The van der Waals surface area contributed by atoms with E-state index in [2.05, 4.69) is 0 Å². The van der Waals surface area contributed by atoms with E-state index in [0.717, 1.165) is 0 Å². The number of benzene rings is 1. The van der Waals surface area contributed by atoms with Crippen molar-refractivity contribution in [2.45, 2.75) is 19.8 Å². The van der Waals surface area contributed by atoms with Crippen LogP contribution in [0.25, 0.3) is 0 Å². The maximum atomic E-state index is 11.6. The number of hydrogen-bond donors (Lipinski definition) is 0. The fraction of sp³-hybridized carbons (Fsp3) is 0.385. The quantitative estimate of drug-likeness (QED) is 0.456. The lowest BCUT2D eigenvalue weighted by Gasteiger charge is -2.21. The molecule has 0 amide bonds. The zero-order chi connectivity index (χ0) is 14.6. The summed E-state index contributed by atoms with van der Waals surface area (Å²) in [4.78, 5) is 33.5. The molecule has 0 radical (unpaired) electrons. The van der Waals surface area contributed by atoms with Crippen LogP contribution in [0.5, 0.6) is 0 Å². The van der Waals surface area contributed by atoms with Gasteiger partial charge < -0.3 is 0 Å². The Kier molecular flexibility index (Phi) is 5.18. The van der Waals surface area contributed by atoms with Crippen LogP contribution in [0, 0.1) is 16.0 Å². The predicted molar refractivity (Wildman–Crippen MR) is 70.9 cm³/mol. The maximum absolute atomic E-state index is 11.6. The molecule has 0 saturated carbocycles. The zero-order valence-electron chi connectivity index (χ0n) is 10.6. The van der Waals surface area contributed by atoms with Gasteiger partial charge in [0.15, 0.2) is 0 Å². The first-order valence-electron chi connectivity index (χ1n) is 5.71. The van der Waals surface area contributed by atoms with Crippen molar-refractivity contribution in [2.75, 3.05) is 6.54 Å². The van der Waals surface area contributed by atoms with E-state index in [1.54, 1.807) is 24.3 Å². The van der Waals surface area contributed by atoms with Crippen LogP contribution in [-0.4, -0.2) is 23.0 Å². The van der Waals surface area contributed by atoms with E-state index in [1.807, 2.05) is 0 Å². The van der Waals surface area contributed by atoms with Crippen LogP contribution < -0.4 is 0 Å². The lowest BCUT2D eigenvalue weighted by molar-refractivity contribution is -0.484. The van der Waals surface area contributed by atoms with Crippen LogP contribution in [0.1, 0.15) is 25.3 Å². The largest absolute Gasteiger partial charge is 0.299 e. The first kappa shape index (κ1) is 15.3. The summed E-state index contributed by atoms with van der Waals surface area (Å²) in [6.45, 7) is 2.01. The van der Waals surface area contributed by atoms with Crippen LogP contribution in [0.3, 0.4) is 0 Å². The molecule has 102 valence electrons. The maximum Gasteiger partial charge on any atom is 0.211 e. The molecule has 19 heavy (non-hydrogen) atoms. The number of halogens is 1. The van der Waals surface area contributed by atoms with Gasteiger partial charge in [0.2, 0.25) is 6.54 Å².